The maximum atomic E-state index is 13.0. The molecule has 0 radical (unpaired) electrons. The highest BCUT2D eigenvalue weighted by Crippen LogP contribution is 2.53. The lowest BCUT2D eigenvalue weighted by Crippen LogP contribution is -2.34. The molecule has 0 saturated heterocycles. The Bertz CT molecular complexity index is 7220. The average Bonchev–Trinajstić information content (AvgIpc) is 0.708. The highest BCUT2D eigenvalue weighted by atomic mass is 16.5. The number of nitrogens with zero attached hydrogens (tertiary/aromatic N) is 5. The van der Waals surface area contributed by atoms with Crippen molar-refractivity contribution in [3.8, 4) is 0 Å². The molecule has 10 heteroatoms. The Balaban J connectivity index is 0.000000125. The van der Waals surface area contributed by atoms with Crippen LogP contribution in [0.25, 0.3) is 125 Å². The Labute approximate surface area is 764 Å². The van der Waals surface area contributed by atoms with Crippen molar-refractivity contribution in [3.63, 3.8) is 0 Å². The van der Waals surface area contributed by atoms with E-state index in [-0.39, 0.29) is 45.6 Å². The highest BCUT2D eigenvalue weighted by Gasteiger charge is 2.32. The van der Waals surface area contributed by atoms with Crippen LogP contribution in [0.5, 0.6) is 0 Å². The van der Waals surface area contributed by atoms with Gasteiger partial charge in [-0.15, -0.1) is 0 Å². The molecule has 656 valence electrons. The molecule has 3 aromatic heterocycles. The summed E-state index contributed by atoms with van der Waals surface area (Å²) in [6.45, 7) is 45.0. The fraction of sp³-hybridized carbons (Fsp3) is 0.258. The minimum atomic E-state index is -0.361. The van der Waals surface area contributed by atoms with Crippen molar-refractivity contribution in [1.29, 1.82) is 0 Å². The summed E-state index contributed by atoms with van der Waals surface area (Å²) in [6, 6.07) is 95.9. The lowest BCUT2D eigenvalue weighted by atomic mass is 9.76. The zero-order chi connectivity index (χ0) is 90.8. The first-order valence-corrected chi connectivity index (χ1v) is 45.8. The van der Waals surface area contributed by atoms with Gasteiger partial charge in [-0.3, -0.25) is 9.59 Å². The van der Waals surface area contributed by atoms with Gasteiger partial charge in [0.05, 0.1) is 40.0 Å². The molecule has 130 heavy (non-hydrogen) atoms. The largest absolute Gasteiger partial charge is 0.494 e. The molecule has 0 aliphatic carbocycles. The number of rotatable bonds is 9. The maximum Gasteiger partial charge on any atom is 0.347 e. The molecule has 0 bridgehead atoms. The number of hydrogen-bond donors (Lipinski definition) is 0. The van der Waals surface area contributed by atoms with Crippen LogP contribution in [0.2, 0.25) is 0 Å². The lowest BCUT2D eigenvalue weighted by Gasteiger charge is -2.37. The van der Waals surface area contributed by atoms with E-state index in [9.17, 15) is 14.4 Å². The number of aryl methyl sites for hydroxylation is 8. The van der Waals surface area contributed by atoms with Crippen molar-refractivity contribution in [1.82, 2.24) is 9.13 Å². The summed E-state index contributed by atoms with van der Waals surface area (Å²) < 4.78 is 15.1. The van der Waals surface area contributed by atoms with E-state index in [1.165, 1.54) is 144 Å². The molecule has 0 saturated carbocycles. The number of pyridine rings is 2. The van der Waals surface area contributed by atoms with Gasteiger partial charge in [0.1, 0.15) is 16.9 Å². The molecular formula is C120H121N5O5. The molecule has 16 aromatic carbocycles. The molecule has 0 spiro atoms. The van der Waals surface area contributed by atoms with Gasteiger partial charge in [0.2, 0.25) is 0 Å². The van der Waals surface area contributed by atoms with Gasteiger partial charge in [-0.1, -0.05) is 265 Å². The van der Waals surface area contributed by atoms with E-state index < -0.39 is 0 Å². The van der Waals surface area contributed by atoms with E-state index in [2.05, 4.69) is 332 Å². The summed E-state index contributed by atoms with van der Waals surface area (Å²) in [7, 11) is 3.86. The van der Waals surface area contributed by atoms with Crippen LogP contribution in [0.15, 0.2) is 292 Å². The number of fused-ring (bicyclic) bond motifs is 10. The van der Waals surface area contributed by atoms with Crippen molar-refractivity contribution < 1.29 is 9.15 Å². The zero-order valence-corrected chi connectivity index (χ0v) is 78.3. The summed E-state index contributed by atoms with van der Waals surface area (Å²) >= 11 is 0. The van der Waals surface area contributed by atoms with Crippen molar-refractivity contribution in [3.05, 3.63) is 366 Å². The summed E-state index contributed by atoms with van der Waals surface area (Å²) in [4.78, 5) is 45.8. The summed E-state index contributed by atoms with van der Waals surface area (Å²) in [5.41, 5.74) is 25.8. The van der Waals surface area contributed by atoms with Gasteiger partial charge in [0, 0.05) is 110 Å². The van der Waals surface area contributed by atoms with Gasteiger partial charge in [0.25, 0.3) is 0 Å². The normalized spacial score (nSPS) is 12.9. The van der Waals surface area contributed by atoms with E-state index in [0.29, 0.717) is 39.5 Å². The van der Waals surface area contributed by atoms with E-state index in [1.807, 2.05) is 96.9 Å². The lowest BCUT2D eigenvalue weighted by molar-refractivity contribution is 0.297. The van der Waals surface area contributed by atoms with Crippen LogP contribution in [-0.2, 0) is 53.3 Å². The Morgan fingerprint density at radius 3 is 1.03 bits per heavy atom. The number of ether oxygens (including phenoxy) is 1. The second-order valence-corrected chi connectivity index (χ2v) is 40.1. The van der Waals surface area contributed by atoms with Crippen molar-refractivity contribution >= 4 is 165 Å². The Kier molecular flexibility index (Phi) is 23.2. The second kappa shape index (κ2) is 34.1. The van der Waals surface area contributed by atoms with E-state index in [4.69, 9.17) is 9.15 Å². The summed E-state index contributed by atoms with van der Waals surface area (Å²) in [5.74, 6) is 0.385. The molecule has 0 amide bonds. The Morgan fingerprint density at radius 2 is 0.700 bits per heavy atom. The summed E-state index contributed by atoms with van der Waals surface area (Å²) in [6.07, 6.45) is 4.37. The minimum Gasteiger partial charge on any atom is -0.494 e. The van der Waals surface area contributed by atoms with Gasteiger partial charge < -0.3 is 33.0 Å². The third-order valence-corrected chi connectivity index (χ3v) is 26.8. The van der Waals surface area contributed by atoms with Crippen LogP contribution in [0.1, 0.15) is 171 Å². The molecule has 21 rings (SSSR count). The smallest absolute Gasteiger partial charge is 0.347 e. The quantitative estimate of drug-likeness (QED) is 0.0464. The molecule has 0 unspecified atom stereocenters. The number of hydrogen-bond acceptors (Lipinski definition) is 8. The molecule has 5 heterocycles. The fourth-order valence-electron chi connectivity index (χ4n) is 19.6. The monoisotopic (exact) mass is 1710 g/mol. The first kappa shape index (κ1) is 88.5. The maximum absolute atomic E-state index is 13.0. The van der Waals surface area contributed by atoms with Crippen LogP contribution < -0.4 is 31.2 Å². The number of benzene rings is 16. The fourth-order valence-corrected chi connectivity index (χ4v) is 19.6. The highest BCUT2D eigenvalue weighted by molar-refractivity contribution is 6.34. The molecular weight excluding hydrogens is 1590 g/mol. The van der Waals surface area contributed by atoms with Crippen LogP contribution in [0.4, 0.5) is 39.8 Å². The van der Waals surface area contributed by atoms with Crippen LogP contribution >= 0.6 is 0 Å². The van der Waals surface area contributed by atoms with Crippen molar-refractivity contribution in [2.45, 2.75) is 172 Å². The number of aromatic nitrogens is 2. The molecule has 0 atom stereocenters. The Morgan fingerprint density at radius 1 is 0.377 bits per heavy atom. The van der Waals surface area contributed by atoms with Crippen LogP contribution in [-0.4, -0.2) is 28.8 Å². The van der Waals surface area contributed by atoms with E-state index in [0.717, 1.165) is 88.1 Å². The Hall–Kier alpha value is -13.6. The van der Waals surface area contributed by atoms with Crippen molar-refractivity contribution in [2.24, 2.45) is 14.1 Å². The number of anilines is 7. The van der Waals surface area contributed by atoms with Gasteiger partial charge in [-0.2, -0.15) is 0 Å². The molecule has 10 nitrogen and oxygen atoms in total. The molecule has 0 N–H and O–H groups in total. The minimum absolute atomic E-state index is 0. The van der Waals surface area contributed by atoms with Gasteiger partial charge in [0.15, 0.2) is 10.9 Å². The molecule has 0 fully saturated rings. The standard InChI is InChI=1S/C42H36N2.C36H44.C22H16N2O2.C19H21NO3.CH4/c1-29-13-21-33(22-14-29)43(34-23-15-30(2)16-24-34)41-37-9-5-7-11-39(37)42(40-12-8-6-10-38(40)41)44(35-25-17-31(3)18-26-35)36-27-19-32(4)20-28-36;1-33(2,3)23-13-21-14-24(34(4,5)6)19-29-30-20-26(36(10,11)12)16-22-15-25(35(7,8)9)18-28(32(22)30)27(17-23)31(21)29;1-23-17-9-5-3-7-13(17)21(25)15-12-20-16(11-19(15)23)22(26)14-8-4-6-10-18(14)24(20)2;1-3-22-12(2)16-11-14-10-13-6-4-8-20-9-5-7-15(17(13)20)18(14)23-19(16)21;/h5-28H,1-4H3;13-20H,1-12H3;3-12H,1-2H3;10-11H,2-9H2,1H3;1H4. The van der Waals surface area contributed by atoms with Crippen molar-refractivity contribution in [2.75, 3.05) is 34.4 Å². The molecule has 2 aliphatic heterocycles. The topological polar surface area (TPSA) is 93.2 Å². The van der Waals surface area contributed by atoms with Gasteiger partial charge in [-0.05, 0) is 274 Å². The van der Waals surface area contributed by atoms with Crippen LogP contribution in [0.3, 0.4) is 0 Å². The first-order valence-electron chi connectivity index (χ1n) is 45.8. The van der Waals surface area contributed by atoms with Crippen LogP contribution in [0, 0.1) is 27.7 Å². The SMILES string of the molecule is C.C=C(OCC)c1cc2cc3c4c(c2oc1=O)CCCN4CCC3.CC(C)(C)c1cc2cc(C(C)(C)C)cc3c4cc(C(C)(C)C)cc5cc(C(C)(C)C)cc(c(c1)c23)c54.Cc1ccc(N(c2ccc(C)cc2)c2c3ccccc3c(N(c3ccc(C)cc3)c3ccc(C)cc3)c3ccccc23)cc1.Cn1c2ccccc2c(=O)c2cc3c(cc21)c(=O)c1ccccc1n3C. The predicted molar refractivity (Wildman–Crippen MR) is 558 cm³/mol. The first-order chi connectivity index (χ1) is 61.6. The third kappa shape index (κ3) is 16.2. The third-order valence-electron chi connectivity index (χ3n) is 26.8. The zero-order valence-electron chi connectivity index (χ0n) is 78.3. The number of para-hydroxylation sites is 2. The summed E-state index contributed by atoms with van der Waals surface area (Å²) in [5, 5.41) is 19.6. The predicted octanol–water partition coefficient (Wildman–Crippen LogP) is 30.9. The van der Waals surface area contributed by atoms with Gasteiger partial charge >= 0.3 is 5.63 Å². The van der Waals surface area contributed by atoms with Gasteiger partial charge in [-0.25, -0.2) is 4.79 Å². The average molecular weight is 1710 g/mol. The second-order valence-electron chi connectivity index (χ2n) is 40.1. The molecule has 2 aliphatic rings. The van der Waals surface area contributed by atoms with E-state index in [1.54, 1.807) is 0 Å². The van der Waals surface area contributed by atoms with E-state index >= 15 is 0 Å². The molecule has 19 aromatic rings.